The van der Waals surface area contributed by atoms with Crippen LogP contribution >= 0.6 is 0 Å². The Bertz CT molecular complexity index is 498. The zero-order valence-corrected chi connectivity index (χ0v) is 10.9. The predicted molar refractivity (Wildman–Crippen MR) is 72.5 cm³/mol. The molecular formula is C15H18N2O2. The average Bonchev–Trinajstić information content (AvgIpc) is 3.24. The van der Waals surface area contributed by atoms with E-state index in [1.807, 2.05) is 0 Å². The molecule has 1 aromatic rings. The summed E-state index contributed by atoms with van der Waals surface area (Å²) < 4.78 is 0. The van der Waals surface area contributed by atoms with Crippen molar-refractivity contribution < 1.29 is 9.90 Å². The van der Waals surface area contributed by atoms with Gasteiger partial charge in [0.25, 0.3) is 5.91 Å². The third-order valence-corrected chi connectivity index (χ3v) is 3.06. The van der Waals surface area contributed by atoms with E-state index in [9.17, 15) is 4.79 Å². The molecule has 0 unspecified atom stereocenters. The summed E-state index contributed by atoms with van der Waals surface area (Å²) in [7, 11) is 0. The molecule has 1 saturated carbocycles. The van der Waals surface area contributed by atoms with Gasteiger partial charge in [-0.3, -0.25) is 9.78 Å². The highest BCUT2D eigenvalue weighted by Crippen LogP contribution is 2.31. The van der Waals surface area contributed by atoms with Crippen LogP contribution in [0.5, 0.6) is 0 Å². The van der Waals surface area contributed by atoms with Crippen LogP contribution in [0.4, 0.5) is 0 Å². The highest BCUT2D eigenvalue weighted by Gasteiger charge is 2.20. The van der Waals surface area contributed by atoms with Gasteiger partial charge in [-0.15, -0.1) is 0 Å². The van der Waals surface area contributed by atoms with Gasteiger partial charge in [-0.2, -0.15) is 0 Å². The SMILES string of the molecule is O=C(NCCC1CC1)c1ccncc1C#CCCO. The van der Waals surface area contributed by atoms with Gasteiger partial charge in [-0.1, -0.05) is 24.7 Å². The molecular weight excluding hydrogens is 240 g/mol. The number of hydrogen-bond acceptors (Lipinski definition) is 3. The molecule has 1 fully saturated rings. The molecule has 1 aliphatic carbocycles. The second-order valence-corrected chi connectivity index (χ2v) is 4.68. The molecule has 0 aliphatic heterocycles. The van der Waals surface area contributed by atoms with Gasteiger partial charge in [0.05, 0.1) is 17.7 Å². The molecule has 19 heavy (non-hydrogen) atoms. The number of carbonyl (C=O) groups is 1. The maximum Gasteiger partial charge on any atom is 0.252 e. The molecule has 1 aromatic heterocycles. The Balaban J connectivity index is 1.97. The number of nitrogens with one attached hydrogen (secondary N) is 1. The Morgan fingerprint density at radius 2 is 2.37 bits per heavy atom. The first-order chi connectivity index (χ1) is 9.31. The molecule has 0 radical (unpaired) electrons. The number of hydrogen-bond donors (Lipinski definition) is 2. The second kappa shape index (κ2) is 6.91. The third kappa shape index (κ3) is 4.38. The summed E-state index contributed by atoms with van der Waals surface area (Å²) >= 11 is 0. The van der Waals surface area contributed by atoms with Crippen molar-refractivity contribution in [1.29, 1.82) is 0 Å². The van der Waals surface area contributed by atoms with E-state index in [0.29, 0.717) is 17.5 Å². The number of rotatable bonds is 5. The van der Waals surface area contributed by atoms with Gasteiger partial charge in [0, 0.05) is 25.4 Å². The largest absolute Gasteiger partial charge is 0.395 e. The second-order valence-electron chi connectivity index (χ2n) is 4.68. The first-order valence-corrected chi connectivity index (χ1v) is 6.63. The van der Waals surface area contributed by atoms with E-state index in [0.717, 1.165) is 18.9 Å². The Morgan fingerprint density at radius 3 is 3.11 bits per heavy atom. The van der Waals surface area contributed by atoms with Crippen molar-refractivity contribution in [1.82, 2.24) is 10.3 Å². The number of nitrogens with zero attached hydrogens (tertiary/aromatic N) is 1. The summed E-state index contributed by atoms with van der Waals surface area (Å²) in [5.74, 6) is 6.39. The first-order valence-electron chi connectivity index (χ1n) is 6.63. The van der Waals surface area contributed by atoms with Crippen LogP contribution < -0.4 is 5.32 Å². The van der Waals surface area contributed by atoms with Crippen LogP contribution in [0.2, 0.25) is 0 Å². The summed E-state index contributed by atoms with van der Waals surface area (Å²) in [6.07, 6.45) is 7.22. The number of aliphatic hydroxyl groups excluding tert-OH is 1. The maximum atomic E-state index is 12.0. The minimum atomic E-state index is -0.101. The van der Waals surface area contributed by atoms with E-state index in [1.54, 1.807) is 18.5 Å². The normalized spacial score (nSPS) is 13.5. The van der Waals surface area contributed by atoms with Crippen molar-refractivity contribution in [3.05, 3.63) is 29.6 Å². The van der Waals surface area contributed by atoms with Gasteiger partial charge >= 0.3 is 0 Å². The molecule has 2 N–H and O–H groups in total. The van der Waals surface area contributed by atoms with Crippen LogP contribution in [-0.2, 0) is 0 Å². The molecule has 4 heteroatoms. The molecule has 1 heterocycles. The van der Waals surface area contributed by atoms with Gasteiger partial charge in [0.1, 0.15) is 0 Å². The topological polar surface area (TPSA) is 62.2 Å². The zero-order valence-electron chi connectivity index (χ0n) is 10.9. The summed E-state index contributed by atoms with van der Waals surface area (Å²) in [5.41, 5.74) is 1.16. The third-order valence-electron chi connectivity index (χ3n) is 3.06. The Kier molecular flexibility index (Phi) is 4.93. The Morgan fingerprint density at radius 1 is 1.53 bits per heavy atom. The summed E-state index contributed by atoms with van der Waals surface area (Å²) in [4.78, 5) is 16.0. The standard InChI is InChI=1S/C15H18N2O2/c18-10-2-1-3-13-11-16-8-7-14(13)15(19)17-9-6-12-4-5-12/h7-8,11-12,18H,2,4-6,9-10H2,(H,17,19). The fourth-order valence-electron chi connectivity index (χ4n) is 1.80. The van der Waals surface area contributed by atoms with Crippen molar-refractivity contribution >= 4 is 5.91 Å². The lowest BCUT2D eigenvalue weighted by Crippen LogP contribution is -2.25. The van der Waals surface area contributed by atoms with Crippen molar-refractivity contribution in [2.24, 2.45) is 5.92 Å². The van der Waals surface area contributed by atoms with Crippen molar-refractivity contribution in [2.45, 2.75) is 25.7 Å². The monoisotopic (exact) mass is 258 g/mol. The van der Waals surface area contributed by atoms with E-state index < -0.39 is 0 Å². The van der Waals surface area contributed by atoms with Crippen molar-refractivity contribution in [2.75, 3.05) is 13.2 Å². The quantitative estimate of drug-likeness (QED) is 0.784. The summed E-state index contributed by atoms with van der Waals surface area (Å²) in [5, 5.41) is 11.6. The lowest BCUT2D eigenvalue weighted by molar-refractivity contribution is 0.0952. The van der Waals surface area contributed by atoms with E-state index in [2.05, 4.69) is 22.1 Å². The number of pyridine rings is 1. The molecule has 0 saturated heterocycles. The van der Waals surface area contributed by atoms with E-state index in [-0.39, 0.29) is 12.5 Å². The molecule has 1 amide bonds. The highest BCUT2D eigenvalue weighted by atomic mass is 16.2. The van der Waals surface area contributed by atoms with Gasteiger partial charge in [-0.05, 0) is 18.4 Å². The highest BCUT2D eigenvalue weighted by molar-refractivity contribution is 5.96. The first kappa shape index (κ1) is 13.6. The van der Waals surface area contributed by atoms with Gasteiger partial charge in [0.2, 0.25) is 0 Å². The van der Waals surface area contributed by atoms with Crippen LogP contribution in [0, 0.1) is 17.8 Å². The van der Waals surface area contributed by atoms with Crippen molar-refractivity contribution in [3.8, 4) is 11.8 Å². The lowest BCUT2D eigenvalue weighted by atomic mass is 10.1. The fraction of sp³-hybridized carbons (Fsp3) is 0.467. The number of aromatic nitrogens is 1. The van der Waals surface area contributed by atoms with Gasteiger partial charge < -0.3 is 10.4 Å². The molecule has 0 bridgehead atoms. The molecule has 4 nitrogen and oxygen atoms in total. The minimum Gasteiger partial charge on any atom is -0.395 e. The maximum absolute atomic E-state index is 12.0. The molecule has 0 atom stereocenters. The lowest BCUT2D eigenvalue weighted by Gasteiger charge is -2.06. The minimum absolute atomic E-state index is 0.0240. The Hall–Kier alpha value is -1.86. The van der Waals surface area contributed by atoms with Crippen LogP contribution in [0.1, 0.15) is 41.6 Å². The summed E-state index contributed by atoms with van der Waals surface area (Å²) in [6.45, 7) is 0.742. The predicted octanol–water partition coefficient (Wildman–Crippen LogP) is 1.35. The summed E-state index contributed by atoms with van der Waals surface area (Å²) in [6, 6.07) is 1.68. The smallest absolute Gasteiger partial charge is 0.252 e. The van der Waals surface area contributed by atoms with Crippen LogP contribution in [-0.4, -0.2) is 29.1 Å². The van der Waals surface area contributed by atoms with E-state index in [1.165, 1.54) is 12.8 Å². The number of aliphatic hydroxyl groups is 1. The zero-order chi connectivity index (χ0) is 13.5. The molecule has 0 aromatic carbocycles. The molecule has 1 aliphatic rings. The molecule has 100 valence electrons. The molecule has 0 spiro atoms. The number of amides is 1. The number of carbonyl (C=O) groups excluding carboxylic acids is 1. The van der Waals surface area contributed by atoms with Gasteiger partial charge in [0.15, 0.2) is 0 Å². The van der Waals surface area contributed by atoms with Gasteiger partial charge in [-0.25, -0.2) is 0 Å². The Labute approximate surface area is 113 Å². The van der Waals surface area contributed by atoms with Crippen LogP contribution in [0.15, 0.2) is 18.5 Å². The van der Waals surface area contributed by atoms with Crippen molar-refractivity contribution in [3.63, 3.8) is 0 Å². The average molecular weight is 258 g/mol. The van der Waals surface area contributed by atoms with Crippen LogP contribution in [0.3, 0.4) is 0 Å². The fourth-order valence-corrected chi connectivity index (χ4v) is 1.80. The van der Waals surface area contributed by atoms with E-state index in [4.69, 9.17) is 5.11 Å². The van der Waals surface area contributed by atoms with Crippen LogP contribution in [0.25, 0.3) is 0 Å². The molecule has 2 rings (SSSR count). The van der Waals surface area contributed by atoms with E-state index >= 15 is 0 Å².